The number of rotatable bonds is 10. The van der Waals surface area contributed by atoms with Crippen molar-refractivity contribution in [3.63, 3.8) is 0 Å². The van der Waals surface area contributed by atoms with E-state index in [0.717, 1.165) is 19.4 Å². The van der Waals surface area contributed by atoms with Gasteiger partial charge in [-0.25, -0.2) is 0 Å². The summed E-state index contributed by atoms with van der Waals surface area (Å²) in [6.45, 7) is 5.31. The highest BCUT2D eigenvalue weighted by molar-refractivity contribution is 5.89. The molecule has 1 N–H and O–H groups in total. The zero-order valence-electron chi connectivity index (χ0n) is 10.2. The molecule has 0 bridgehead atoms. The molecule has 0 spiro atoms. The summed E-state index contributed by atoms with van der Waals surface area (Å²) in [6, 6.07) is 0. The summed E-state index contributed by atoms with van der Waals surface area (Å²) in [5.41, 5.74) is 0. The lowest BCUT2D eigenvalue weighted by Crippen LogP contribution is -2.07. The van der Waals surface area contributed by atoms with Crippen LogP contribution in [0.2, 0.25) is 0 Å². The maximum atomic E-state index is 11.3. The fraction of sp³-hybridized carbons (Fsp3) is 0.769. The van der Waals surface area contributed by atoms with Gasteiger partial charge in [-0.3, -0.25) is 4.79 Å². The van der Waals surface area contributed by atoms with Gasteiger partial charge in [0.05, 0.1) is 0 Å². The van der Waals surface area contributed by atoms with Gasteiger partial charge in [-0.2, -0.15) is 0 Å². The van der Waals surface area contributed by atoms with Gasteiger partial charge < -0.3 is 5.32 Å². The summed E-state index contributed by atoms with van der Waals surface area (Å²) in [4.78, 5) is 11.3. The number of allylic oxidation sites excluding steroid dienone is 1. The molecule has 0 aromatic heterocycles. The Labute approximate surface area is 94.1 Å². The lowest BCUT2D eigenvalue weighted by molar-refractivity contribution is -0.114. The molecule has 0 saturated carbocycles. The molecule has 0 unspecified atom stereocenters. The Morgan fingerprint density at radius 2 is 1.73 bits per heavy atom. The lowest BCUT2D eigenvalue weighted by Gasteiger charge is -1.98. The van der Waals surface area contributed by atoms with Crippen LogP contribution in [-0.4, -0.2) is 12.3 Å². The first-order chi connectivity index (χ1) is 7.31. The van der Waals surface area contributed by atoms with Gasteiger partial charge in [0.15, 0.2) is 5.78 Å². The molecule has 0 atom stereocenters. The summed E-state index contributed by atoms with van der Waals surface area (Å²) in [7, 11) is 0. The van der Waals surface area contributed by atoms with Crippen LogP contribution in [0.25, 0.3) is 0 Å². The molecule has 0 aliphatic heterocycles. The van der Waals surface area contributed by atoms with E-state index in [0.29, 0.717) is 6.42 Å². The lowest BCUT2D eigenvalue weighted by atomic mass is 10.1. The Kier molecular flexibility index (Phi) is 10.7. The molecular weight excluding hydrogens is 186 g/mol. The summed E-state index contributed by atoms with van der Waals surface area (Å²) < 4.78 is 0. The fourth-order valence-corrected chi connectivity index (χ4v) is 1.34. The molecule has 0 amide bonds. The Morgan fingerprint density at radius 3 is 2.40 bits per heavy atom. The largest absolute Gasteiger partial charge is 0.391 e. The molecule has 0 heterocycles. The van der Waals surface area contributed by atoms with Crippen LogP contribution in [0, 0.1) is 0 Å². The second kappa shape index (κ2) is 11.3. The third-order valence-corrected chi connectivity index (χ3v) is 2.34. The van der Waals surface area contributed by atoms with Crippen LogP contribution < -0.4 is 5.32 Å². The second-order valence-electron chi connectivity index (χ2n) is 3.92. The Balaban J connectivity index is 3.30. The van der Waals surface area contributed by atoms with E-state index in [1.807, 2.05) is 0 Å². The topological polar surface area (TPSA) is 29.1 Å². The summed E-state index contributed by atoms with van der Waals surface area (Å²) in [5.74, 6) is 0.242. The van der Waals surface area contributed by atoms with Gasteiger partial charge in [0, 0.05) is 13.0 Å². The van der Waals surface area contributed by atoms with E-state index >= 15 is 0 Å². The van der Waals surface area contributed by atoms with Crippen molar-refractivity contribution in [2.24, 2.45) is 0 Å². The van der Waals surface area contributed by atoms with Gasteiger partial charge in [0.1, 0.15) is 0 Å². The predicted octanol–water partition coefficient (Wildman–Crippen LogP) is 3.43. The molecule has 2 nitrogen and oxygen atoms in total. The van der Waals surface area contributed by atoms with Gasteiger partial charge in [-0.05, 0) is 25.1 Å². The van der Waals surface area contributed by atoms with E-state index in [1.165, 1.54) is 25.7 Å². The highest BCUT2D eigenvalue weighted by atomic mass is 16.1. The van der Waals surface area contributed by atoms with Crippen LogP contribution in [-0.2, 0) is 4.79 Å². The zero-order chi connectivity index (χ0) is 11.4. The van der Waals surface area contributed by atoms with Crippen LogP contribution in [0.1, 0.15) is 58.8 Å². The minimum absolute atomic E-state index is 0.242. The number of nitrogens with one attached hydrogen (secondary N) is 1. The van der Waals surface area contributed by atoms with Crippen molar-refractivity contribution >= 4 is 5.78 Å². The smallest absolute Gasteiger partial charge is 0.157 e. The molecule has 88 valence electrons. The van der Waals surface area contributed by atoms with Crippen LogP contribution in [0.3, 0.4) is 0 Å². The maximum absolute atomic E-state index is 11.3. The number of carbonyl (C=O) groups excluding carboxylic acids is 1. The summed E-state index contributed by atoms with van der Waals surface area (Å²) in [5, 5.41) is 3.14. The fourth-order valence-electron chi connectivity index (χ4n) is 1.34. The van der Waals surface area contributed by atoms with Gasteiger partial charge in [-0.1, -0.05) is 39.5 Å². The minimum atomic E-state index is 0.242. The molecule has 0 aromatic carbocycles. The number of ketones is 1. The highest BCUT2D eigenvalue weighted by Crippen LogP contribution is 1.99. The first-order valence-corrected chi connectivity index (χ1v) is 6.24. The molecule has 2 heteroatoms. The van der Waals surface area contributed by atoms with Gasteiger partial charge in [-0.15, -0.1) is 0 Å². The first-order valence-electron chi connectivity index (χ1n) is 6.24. The van der Waals surface area contributed by atoms with Crippen molar-refractivity contribution in [3.05, 3.63) is 12.3 Å². The van der Waals surface area contributed by atoms with Crippen molar-refractivity contribution in [1.82, 2.24) is 5.32 Å². The second-order valence-corrected chi connectivity index (χ2v) is 3.92. The SMILES string of the molecule is CCCCCNC=CC(=O)CCCCC. The van der Waals surface area contributed by atoms with Crippen LogP contribution in [0.4, 0.5) is 0 Å². The van der Waals surface area contributed by atoms with Crippen LogP contribution in [0.5, 0.6) is 0 Å². The van der Waals surface area contributed by atoms with Crippen molar-refractivity contribution in [2.75, 3.05) is 6.54 Å². The van der Waals surface area contributed by atoms with Crippen molar-refractivity contribution in [2.45, 2.75) is 58.8 Å². The molecule has 0 fully saturated rings. The van der Waals surface area contributed by atoms with E-state index in [2.05, 4.69) is 19.2 Å². The molecule has 0 aromatic rings. The standard InChI is InChI=1S/C13H25NO/c1-3-5-7-9-13(15)10-12-14-11-8-6-4-2/h10,12,14H,3-9,11H2,1-2H3. The van der Waals surface area contributed by atoms with E-state index < -0.39 is 0 Å². The average Bonchev–Trinajstić information content (AvgIpc) is 2.23. The maximum Gasteiger partial charge on any atom is 0.157 e. The van der Waals surface area contributed by atoms with Crippen LogP contribution in [0.15, 0.2) is 12.3 Å². The third-order valence-electron chi connectivity index (χ3n) is 2.34. The van der Waals surface area contributed by atoms with E-state index in [4.69, 9.17) is 0 Å². The summed E-state index contributed by atoms with van der Waals surface area (Å²) >= 11 is 0. The molecule has 0 saturated heterocycles. The molecular formula is C13H25NO. The van der Waals surface area contributed by atoms with E-state index in [-0.39, 0.29) is 5.78 Å². The molecule has 0 aliphatic carbocycles. The number of unbranched alkanes of at least 4 members (excludes halogenated alkanes) is 4. The average molecular weight is 211 g/mol. The van der Waals surface area contributed by atoms with Crippen molar-refractivity contribution < 1.29 is 4.79 Å². The predicted molar refractivity (Wildman–Crippen MR) is 65.8 cm³/mol. The van der Waals surface area contributed by atoms with E-state index in [1.54, 1.807) is 12.3 Å². The monoisotopic (exact) mass is 211 g/mol. The highest BCUT2D eigenvalue weighted by Gasteiger charge is 1.94. The third kappa shape index (κ3) is 11.1. The number of hydrogen-bond donors (Lipinski definition) is 1. The molecule has 15 heavy (non-hydrogen) atoms. The Hall–Kier alpha value is -0.790. The van der Waals surface area contributed by atoms with Gasteiger partial charge in [0.2, 0.25) is 0 Å². The van der Waals surface area contributed by atoms with Crippen molar-refractivity contribution in [3.8, 4) is 0 Å². The minimum Gasteiger partial charge on any atom is -0.391 e. The van der Waals surface area contributed by atoms with Crippen molar-refractivity contribution in [1.29, 1.82) is 0 Å². The molecule has 0 radical (unpaired) electrons. The number of hydrogen-bond acceptors (Lipinski definition) is 2. The normalized spacial score (nSPS) is 10.8. The molecule has 0 aliphatic rings. The summed E-state index contributed by atoms with van der Waals surface area (Å²) in [6.07, 6.45) is 11.2. The number of carbonyl (C=O) groups is 1. The van der Waals surface area contributed by atoms with E-state index in [9.17, 15) is 4.79 Å². The molecule has 0 rings (SSSR count). The Bertz CT molecular complexity index is 175. The Morgan fingerprint density at radius 1 is 1.07 bits per heavy atom. The van der Waals surface area contributed by atoms with Crippen LogP contribution >= 0.6 is 0 Å². The van der Waals surface area contributed by atoms with Gasteiger partial charge in [0.25, 0.3) is 0 Å². The van der Waals surface area contributed by atoms with Gasteiger partial charge >= 0.3 is 0 Å². The quantitative estimate of drug-likeness (QED) is 0.443. The first kappa shape index (κ1) is 14.2. The zero-order valence-corrected chi connectivity index (χ0v) is 10.2.